The van der Waals surface area contributed by atoms with Gasteiger partial charge in [0.15, 0.2) is 11.6 Å². The second-order valence-corrected chi connectivity index (χ2v) is 9.54. The van der Waals surface area contributed by atoms with Crippen molar-refractivity contribution in [2.75, 3.05) is 0 Å². The molecule has 6 nitrogen and oxygen atoms in total. The Morgan fingerprint density at radius 1 is 0.488 bits per heavy atom. The van der Waals surface area contributed by atoms with E-state index < -0.39 is 82.1 Å². The second-order valence-electron chi connectivity index (χ2n) is 9.54. The summed E-state index contributed by atoms with van der Waals surface area (Å²) < 4.78 is 172. The van der Waals surface area contributed by atoms with E-state index in [1.54, 1.807) is 0 Å². The summed E-state index contributed by atoms with van der Waals surface area (Å²) >= 11 is 0. The van der Waals surface area contributed by atoms with Gasteiger partial charge in [-0.3, -0.25) is 9.59 Å². The quantitative estimate of drug-likeness (QED) is 0.177. The van der Waals surface area contributed by atoms with Crippen LogP contribution in [0.4, 0.5) is 61.5 Å². The van der Waals surface area contributed by atoms with Gasteiger partial charge in [0.2, 0.25) is 0 Å². The number of hydrogen-bond donors (Lipinski definition) is 0. The molecule has 0 spiro atoms. The van der Waals surface area contributed by atoms with Crippen molar-refractivity contribution in [3.8, 4) is 0 Å². The first kappa shape index (κ1) is 49.6. The third-order valence-electron chi connectivity index (χ3n) is 4.12. The summed E-state index contributed by atoms with van der Waals surface area (Å²) in [4.78, 5) is 22.3. The molecular formula is C20H24BaF14O6. The number of carbonyl (C=O) groups is 2. The molecule has 4 N–H and O–H groups in total. The molecule has 41 heavy (non-hydrogen) atoms. The first-order valence-corrected chi connectivity index (χ1v) is 9.62. The molecule has 240 valence electrons. The molecule has 0 aliphatic carbocycles. The monoisotopic (exact) mass is 764 g/mol. The zero-order valence-electron chi connectivity index (χ0n) is 21.8. The molecule has 0 saturated carbocycles. The van der Waals surface area contributed by atoms with Crippen LogP contribution in [0.5, 0.6) is 0 Å². The molecule has 0 aliphatic heterocycles. The number of halogens is 14. The minimum Gasteiger partial charge on any atom is -0.871 e. The SMILES string of the molecule is CC(C)(C)C(=O)C=C([O-])C(F)(F)C(F)(F)C(F)(F)F.CC(C)(C)C(=O)C=C([O-])C(F)(F)C(F)(F)C(F)(F)F.O.O.[Ba+2]. The third kappa shape index (κ3) is 11.9. The molecule has 0 aromatic rings. The van der Waals surface area contributed by atoms with Gasteiger partial charge >= 0.3 is 84.9 Å². The van der Waals surface area contributed by atoms with Crippen molar-refractivity contribution >= 4 is 60.4 Å². The number of rotatable bonds is 6. The summed E-state index contributed by atoms with van der Waals surface area (Å²) in [6.07, 6.45) is -14.1. The molecular weight excluding hydrogens is 740 g/mol. The molecule has 0 rings (SSSR count). The molecule has 0 bridgehead atoms. The van der Waals surface area contributed by atoms with Crippen LogP contribution in [-0.2, 0) is 9.59 Å². The van der Waals surface area contributed by atoms with Crippen LogP contribution < -0.4 is 10.2 Å². The van der Waals surface area contributed by atoms with E-state index in [2.05, 4.69) is 0 Å². The average molecular weight is 764 g/mol. The van der Waals surface area contributed by atoms with Crippen LogP contribution in [0, 0.1) is 10.8 Å². The molecule has 0 saturated heterocycles. The fourth-order valence-corrected chi connectivity index (χ4v) is 1.52. The van der Waals surface area contributed by atoms with Gasteiger partial charge in [-0.1, -0.05) is 53.1 Å². The molecule has 0 amide bonds. The Balaban J connectivity index is -0.000000196. The Bertz CT molecular complexity index is 864. The predicted octanol–water partition coefficient (Wildman–Crippen LogP) is 3.33. The van der Waals surface area contributed by atoms with E-state index in [9.17, 15) is 81.3 Å². The molecule has 0 aliphatic rings. The van der Waals surface area contributed by atoms with Crippen LogP contribution in [0.3, 0.4) is 0 Å². The number of hydrogen-bond acceptors (Lipinski definition) is 4. The van der Waals surface area contributed by atoms with Crippen molar-refractivity contribution in [1.82, 2.24) is 0 Å². The molecule has 0 atom stereocenters. The van der Waals surface area contributed by atoms with E-state index in [0.29, 0.717) is 0 Å². The Morgan fingerprint density at radius 3 is 0.780 bits per heavy atom. The number of carbonyl (C=O) groups excluding carboxylic acids is 2. The van der Waals surface area contributed by atoms with Gasteiger partial charge in [-0.25, -0.2) is 0 Å². The molecule has 0 radical (unpaired) electrons. The van der Waals surface area contributed by atoms with Crippen LogP contribution in [-0.4, -0.2) is 107 Å². The van der Waals surface area contributed by atoms with Gasteiger partial charge in [0.1, 0.15) is 0 Å². The number of alkyl halides is 14. The molecule has 0 aromatic heterocycles. The van der Waals surface area contributed by atoms with Gasteiger partial charge in [-0.15, -0.1) is 0 Å². The van der Waals surface area contributed by atoms with E-state index in [0.717, 1.165) is 0 Å². The smallest absolute Gasteiger partial charge is 0.871 e. The summed E-state index contributed by atoms with van der Waals surface area (Å²) in [6.45, 7) is 7.08. The van der Waals surface area contributed by atoms with Crippen molar-refractivity contribution in [3.63, 3.8) is 0 Å². The fraction of sp³-hybridized carbons (Fsp3) is 0.700. The van der Waals surface area contributed by atoms with Gasteiger partial charge < -0.3 is 21.2 Å². The van der Waals surface area contributed by atoms with E-state index in [1.165, 1.54) is 41.5 Å². The first-order chi connectivity index (χ1) is 16.1. The van der Waals surface area contributed by atoms with Crippen LogP contribution in [0.25, 0.3) is 0 Å². The molecule has 0 fully saturated rings. The van der Waals surface area contributed by atoms with Gasteiger partial charge in [0, 0.05) is 10.8 Å². The molecule has 0 unspecified atom stereocenters. The van der Waals surface area contributed by atoms with Gasteiger partial charge in [0.05, 0.1) is 0 Å². The topological polar surface area (TPSA) is 143 Å². The summed E-state index contributed by atoms with van der Waals surface area (Å²) in [5, 5.41) is 21.6. The minimum atomic E-state index is -6.61. The minimum absolute atomic E-state index is 0. The molecule has 21 heteroatoms. The maximum absolute atomic E-state index is 12.8. The molecule has 0 heterocycles. The van der Waals surface area contributed by atoms with E-state index >= 15 is 0 Å². The van der Waals surface area contributed by atoms with Crippen LogP contribution in [0.1, 0.15) is 41.5 Å². The maximum atomic E-state index is 12.8. The Labute approximate surface area is 263 Å². The van der Waals surface area contributed by atoms with Crippen LogP contribution >= 0.6 is 0 Å². The van der Waals surface area contributed by atoms with Gasteiger partial charge in [-0.05, 0) is 12.2 Å². The maximum Gasteiger partial charge on any atom is 2.00 e. The van der Waals surface area contributed by atoms with Crippen LogP contribution in [0.15, 0.2) is 23.7 Å². The van der Waals surface area contributed by atoms with Crippen molar-refractivity contribution < 1.29 is 92.2 Å². The number of allylic oxidation sites excluding steroid dienone is 4. The summed E-state index contributed by atoms with van der Waals surface area (Å²) in [6, 6.07) is 0. The Hall–Kier alpha value is -1.07. The van der Waals surface area contributed by atoms with Crippen molar-refractivity contribution in [3.05, 3.63) is 23.7 Å². The zero-order chi connectivity index (χ0) is 31.7. The van der Waals surface area contributed by atoms with Crippen molar-refractivity contribution in [2.24, 2.45) is 10.8 Å². The number of ketones is 2. The first-order valence-electron chi connectivity index (χ1n) is 9.62. The third-order valence-corrected chi connectivity index (χ3v) is 4.12. The summed E-state index contributed by atoms with van der Waals surface area (Å²) in [7, 11) is 0. The Morgan fingerprint density at radius 2 is 0.659 bits per heavy atom. The Kier molecular flexibility index (Phi) is 18.3. The zero-order valence-corrected chi connectivity index (χ0v) is 26.2. The predicted molar refractivity (Wildman–Crippen MR) is 110 cm³/mol. The summed E-state index contributed by atoms with van der Waals surface area (Å²) in [5.41, 5.74) is -2.72. The summed E-state index contributed by atoms with van der Waals surface area (Å²) in [5.74, 6) is -33.5. The van der Waals surface area contributed by atoms with Gasteiger partial charge in [0.25, 0.3) is 0 Å². The second kappa shape index (κ2) is 15.1. The van der Waals surface area contributed by atoms with E-state index in [1.807, 2.05) is 0 Å². The largest absolute Gasteiger partial charge is 2.00 e. The van der Waals surface area contributed by atoms with Gasteiger partial charge in [-0.2, -0.15) is 61.5 Å². The normalized spacial score (nSPS) is 14.4. The average Bonchev–Trinajstić information content (AvgIpc) is 2.64. The molecule has 0 aromatic carbocycles. The van der Waals surface area contributed by atoms with Crippen molar-refractivity contribution in [1.29, 1.82) is 0 Å². The van der Waals surface area contributed by atoms with Crippen molar-refractivity contribution in [2.45, 2.75) is 77.6 Å². The van der Waals surface area contributed by atoms with E-state index in [4.69, 9.17) is 0 Å². The standard InChI is InChI=1S/2C10H11F7O2.Ba.2H2O/c2*1-7(2,3)5(18)4-6(19)8(11,12)9(13,14)10(15,16)17;;;/h2*4,19H,1-3H3;;2*1H2/q;;+2;;/p-2. The fourth-order valence-electron chi connectivity index (χ4n) is 1.52. The van der Waals surface area contributed by atoms with Crippen LogP contribution in [0.2, 0.25) is 0 Å². The van der Waals surface area contributed by atoms with E-state index in [-0.39, 0.29) is 59.8 Å².